The van der Waals surface area contributed by atoms with E-state index >= 15 is 0 Å². The molecule has 0 aliphatic carbocycles. The number of rotatable bonds is 11. The van der Waals surface area contributed by atoms with Gasteiger partial charge in [-0.2, -0.15) is 0 Å². The Morgan fingerprint density at radius 2 is 1.37 bits per heavy atom. The Balaban J connectivity index is 1.01. The monoisotopic (exact) mass is 693 g/mol. The molecule has 1 fully saturated rings. The fraction of sp³-hybridized carbons (Fsp3) is 0.205. The first-order chi connectivity index (χ1) is 25.4. The number of urea groups is 1. The summed E-state index contributed by atoms with van der Waals surface area (Å²) in [4.78, 5) is 15.2. The summed E-state index contributed by atoms with van der Waals surface area (Å²) in [5.74, 6) is 1.42. The number of hydrogen-bond acceptors (Lipinski definition) is 6. The van der Waals surface area contributed by atoms with Gasteiger partial charge in [-0.25, -0.2) is 4.79 Å². The summed E-state index contributed by atoms with van der Waals surface area (Å²) >= 11 is 0. The predicted molar refractivity (Wildman–Crippen MR) is 205 cm³/mol. The van der Waals surface area contributed by atoms with Crippen LogP contribution >= 0.6 is 0 Å². The zero-order chi connectivity index (χ0) is 35.9. The molecule has 4 atom stereocenters. The van der Waals surface area contributed by atoms with Crippen molar-refractivity contribution in [3.8, 4) is 11.5 Å². The van der Waals surface area contributed by atoms with Gasteiger partial charge in [-0.15, -0.1) is 0 Å². The molecule has 52 heavy (non-hydrogen) atoms. The van der Waals surface area contributed by atoms with Crippen molar-refractivity contribution in [2.24, 2.45) is 0 Å². The van der Waals surface area contributed by atoms with Gasteiger partial charge in [0.2, 0.25) is 0 Å². The quantitative estimate of drug-likeness (QED) is 0.125. The van der Waals surface area contributed by atoms with Gasteiger partial charge in [0.05, 0.1) is 18.8 Å². The molecule has 0 saturated carbocycles. The van der Waals surface area contributed by atoms with Gasteiger partial charge in [0, 0.05) is 35.9 Å². The standard InChI is InChI=1S/C44H43N3O5/c1-30(35-17-16-32-8-6-7-9-36(32)26-35)47(2)28-41-27-42(33-14-12-31(29-48)13-15-33)52-43(51-41)34-18-20-37(21-19-34)45-44(49)46-38-22-24-40(25-23-38)50-39-10-4-3-5-11-39/h3-26,30,41-43,48H,27-29H2,1-2H3,(H2,45,46,49). The summed E-state index contributed by atoms with van der Waals surface area (Å²) in [6.07, 6.45) is -0.232. The number of aliphatic hydroxyl groups excluding tert-OH is 1. The van der Waals surface area contributed by atoms with Crippen LogP contribution in [0, 0.1) is 0 Å². The van der Waals surface area contributed by atoms with Gasteiger partial charge >= 0.3 is 6.03 Å². The van der Waals surface area contributed by atoms with Crippen LogP contribution in [0.1, 0.15) is 54.0 Å². The molecule has 1 aliphatic rings. The molecular formula is C44H43N3O5. The van der Waals surface area contributed by atoms with Crippen LogP contribution in [0.3, 0.4) is 0 Å². The van der Waals surface area contributed by atoms with E-state index < -0.39 is 6.29 Å². The molecule has 0 bridgehead atoms. The Morgan fingerprint density at radius 3 is 2.06 bits per heavy atom. The molecule has 264 valence electrons. The van der Waals surface area contributed by atoms with Crippen LogP contribution in [0.2, 0.25) is 0 Å². The van der Waals surface area contributed by atoms with E-state index in [1.807, 2.05) is 91.0 Å². The molecule has 0 aromatic heterocycles. The highest BCUT2D eigenvalue weighted by atomic mass is 16.7. The van der Waals surface area contributed by atoms with Crippen LogP contribution in [0.25, 0.3) is 10.8 Å². The number of para-hydroxylation sites is 1. The summed E-state index contributed by atoms with van der Waals surface area (Å²) in [5, 5.41) is 17.8. The van der Waals surface area contributed by atoms with Crippen LogP contribution in [0.15, 0.2) is 146 Å². The first kappa shape index (κ1) is 34.9. The number of aliphatic hydroxyl groups is 1. The van der Waals surface area contributed by atoms with Crippen molar-refractivity contribution in [3.63, 3.8) is 0 Å². The van der Waals surface area contributed by atoms with Gasteiger partial charge in [-0.05, 0) is 96.0 Å². The van der Waals surface area contributed by atoms with Crippen LogP contribution in [-0.4, -0.2) is 35.7 Å². The Hall–Kier alpha value is -5.51. The zero-order valence-corrected chi connectivity index (χ0v) is 29.3. The lowest BCUT2D eigenvalue weighted by atomic mass is 9.98. The number of benzene rings is 6. The maximum absolute atomic E-state index is 12.8. The maximum atomic E-state index is 12.8. The number of nitrogens with one attached hydrogen (secondary N) is 2. The van der Waals surface area contributed by atoms with Crippen molar-refractivity contribution in [1.29, 1.82) is 0 Å². The Bertz CT molecular complexity index is 2070. The highest BCUT2D eigenvalue weighted by Gasteiger charge is 2.33. The summed E-state index contributed by atoms with van der Waals surface area (Å²) < 4.78 is 19.0. The Labute approximate surface area is 304 Å². The topological polar surface area (TPSA) is 92.3 Å². The van der Waals surface area contributed by atoms with Gasteiger partial charge in [0.25, 0.3) is 0 Å². The van der Waals surface area contributed by atoms with E-state index in [1.165, 1.54) is 16.3 Å². The number of amides is 2. The second kappa shape index (κ2) is 16.2. The van der Waals surface area contributed by atoms with Crippen molar-refractivity contribution in [2.45, 2.75) is 44.5 Å². The molecule has 0 spiro atoms. The van der Waals surface area contributed by atoms with Crippen molar-refractivity contribution >= 4 is 28.2 Å². The number of ether oxygens (including phenoxy) is 3. The summed E-state index contributed by atoms with van der Waals surface area (Å²) in [6, 6.07) is 47.1. The molecule has 4 unspecified atom stereocenters. The number of likely N-dealkylation sites (N-methyl/N-ethyl adjacent to an activating group) is 1. The minimum atomic E-state index is -0.606. The molecule has 1 saturated heterocycles. The van der Waals surface area contributed by atoms with Crippen LogP contribution in [0.4, 0.5) is 16.2 Å². The van der Waals surface area contributed by atoms with Gasteiger partial charge in [-0.3, -0.25) is 4.90 Å². The third kappa shape index (κ3) is 8.67. The normalized spacial score (nSPS) is 17.8. The summed E-state index contributed by atoms with van der Waals surface area (Å²) in [6.45, 7) is 2.92. The average Bonchev–Trinajstić information content (AvgIpc) is 3.18. The van der Waals surface area contributed by atoms with Crippen LogP contribution in [-0.2, 0) is 16.1 Å². The van der Waals surface area contributed by atoms with Crippen LogP contribution < -0.4 is 15.4 Å². The lowest BCUT2D eigenvalue weighted by Crippen LogP contribution is -2.38. The van der Waals surface area contributed by atoms with Crippen molar-refractivity contribution in [2.75, 3.05) is 24.2 Å². The number of fused-ring (bicyclic) bond motifs is 1. The minimum absolute atomic E-state index is 0.00791. The van der Waals surface area contributed by atoms with Crippen molar-refractivity contribution in [3.05, 3.63) is 168 Å². The summed E-state index contributed by atoms with van der Waals surface area (Å²) in [5.41, 5.74) is 5.28. The highest BCUT2D eigenvalue weighted by Crippen LogP contribution is 2.39. The molecule has 1 aliphatic heterocycles. The molecular weight excluding hydrogens is 650 g/mol. The number of hydrogen-bond donors (Lipinski definition) is 3. The third-order valence-electron chi connectivity index (χ3n) is 9.56. The molecule has 6 aromatic carbocycles. The number of nitrogens with zero attached hydrogens (tertiary/aromatic N) is 1. The van der Waals surface area contributed by atoms with Gasteiger partial charge in [-0.1, -0.05) is 91.0 Å². The highest BCUT2D eigenvalue weighted by molar-refractivity contribution is 5.99. The SMILES string of the molecule is CC(c1ccc2ccccc2c1)N(C)CC1CC(c2ccc(CO)cc2)OC(c2ccc(NC(=O)Nc3ccc(Oc4ccccc4)cc3)cc2)O1. The lowest BCUT2D eigenvalue weighted by Gasteiger charge is -2.39. The zero-order valence-electron chi connectivity index (χ0n) is 29.3. The van der Waals surface area contributed by atoms with E-state index in [9.17, 15) is 9.90 Å². The van der Waals surface area contributed by atoms with E-state index in [2.05, 4.69) is 72.0 Å². The van der Waals surface area contributed by atoms with Gasteiger partial charge in [0.1, 0.15) is 11.5 Å². The fourth-order valence-corrected chi connectivity index (χ4v) is 6.48. The second-order valence-corrected chi connectivity index (χ2v) is 13.2. The molecule has 8 nitrogen and oxygen atoms in total. The van der Waals surface area contributed by atoms with E-state index in [0.29, 0.717) is 30.1 Å². The lowest BCUT2D eigenvalue weighted by molar-refractivity contribution is -0.253. The van der Waals surface area contributed by atoms with E-state index in [1.54, 1.807) is 12.1 Å². The number of anilines is 2. The molecule has 0 radical (unpaired) electrons. The third-order valence-corrected chi connectivity index (χ3v) is 9.56. The molecule has 3 N–H and O–H groups in total. The van der Waals surface area contributed by atoms with E-state index in [4.69, 9.17) is 14.2 Å². The van der Waals surface area contributed by atoms with E-state index in [-0.39, 0.29) is 30.9 Å². The van der Waals surface area contributed by atoms with Crippen LogP contribution in [0.5, 0.6) is 11.5 Å². The van der Waals surface area contributed by atoms with Gasteiger partial charge in [0.15, 0.2) is 6.29 Å². The predicted octanol–water partition coefficient (Wildman–Crippen LogP) is 10.0. The Kier molecular flexibility index (Phi) is 10.9. The molecule has 1 heterocycles. The summed E-state index contributed by atoms with van der Waals surface area (Å²) in [7, 11) is 2.14. The van der Waals surface area contributed by atoms with Gasteiger partial charge < -0.3 is 30.0 Å². The molecule has 2 amide bonds. The fourth-order valence-electron chi connectivity index (χ4n) is 6.48. The maximum Gasteiger partial charge on any atom is 0.323 e. The average molecular weight is 694 g/mol. The van der Waals surface area contributed by atoms with Crippen molar-refractivity contribution in [1.82, 2.24) is 4.90 Å². The Morgan fingerprint density at radius 1 is 0.750 bits per heavy atom. The smallest absolute Gasteiger partial charge is 0.323 e. The minimum Gasteiger partial charge on any atom is -0.457 e. The number of carbonyl (C=O) groups is 1. The van der Waals surface area contributed by atoms with Crippen molar-refractivity contribution < 1.29 is 24.1 Å². The molecule has 6 aromatic rings. The first-order valence-corrected chi connectivity index (χ1v) is 17.6. The molecule has 8 heteroatoms. The molecule has 7 rings (SSSR count). The second-order valence-electron chi connectivity index (χ2n) is 13.2. The first-order valence-electron chi connectivity index (χ1n) is 17.6. The largest absolute Gasteiger partial charge is 0.457 e. The number of carbonyl (C=O) groups excluding carboxylic acids is 1. The van der Waals surface area contributed by atoms with E-state index in [0.717, 1.165) is 22.4 Å².